The molecule has 0 saturated heterocycles. The molecule has 5 nitrogen and oxygen atoms in total. The Kier molecular flexibility index (Phi) is 2.39. The molecule has 34 valence electrons. The van der Waals surface area contributed by atoms with Crippen molar-refractivity contribution in [3.63, 3.8) is 0 Å². The number of azide groups is 1. The van der Waals surface area contributed by atoms with E-state index in [2.05, 4.69) is 4.52 Å². The van der Waals surface area contributed by atoms with Gasteiger partial charge in [-0.3, -0.25) is 0 Å². The monoisotopic (exact) mass is 107 g/mol. The summed E-state index contributed by atoms with van der Waals surface area (Å²) in [6, 6.07) is 0. The van der Waals surface area contributed by atoms with Crippen LogP contribution in [0.25, 0.3) is 10.4 Å². The molecule has 0 aromatic rings. The van der Waals surface area contributed by atoms with Crippen molar-refractivity contribution in [1.29, 1.82) is 0 Å². The molecule has 0 saturated carbocycles. The van der Waals surface area contributed by atoms with Gasteiger partial charge in [0.1, 0.15) is 0 Å². The van der Waals surface area contributed by atoms with E-state index < -0.39 is 11.3 Å². The molecular weight excluding hydrogens is 106 g/mol. The third kappa shape index (κ3) is 3.42. The second-order valence-corrected chi connectivity index (χ2v) is 1.03. The van der Waals surface area contributed by atoms with Crippen molar-refractivity contribution in [1.82, 2.24) is 0 Å². The van der Waals surface area contributed by atoms with Crippen molar-refractivity contribution in [3.8, 4) is 0 Å². The van der Waals surface area contributed by atoms with Gasteiger partial charge in [0.05, 0.1) is 0 Å². The summed E-state index contributed by atoms with van der Waals surface area (Å²) < 4.78 is 19.2. The first-order valence-corrected chi connectivity index (χ1v) is 2.00. The highest BCUT2D eigenvalue weighted by atomic mass is 32.2. The fourth-order valence-electron chi connectivity index (χ4n) is 0.0312. The van der Waals surface area contributed by atoms with E-state index in [4.69, 9.17) is 10.1 Å². The normalized spacial score (nSPS) is 12.2. The highest BCUT2D eigenvalue weighted by molar-refractivity contribution is 7.77. The Bertz CT molecular complexity index is 101. The van der Waals surface area contributed by atoms with Gasteiger partial charge in [-0.15, -0.1) is 0 Å². The van der Waals surface area contributed by atoms with Crippen LogP contribution < -0.4 is 0 Å². The second kappa shape index (κ2) is 2.65. The predicted octanol–water partition coefficient (Wildman–Crippen LogP) is 0.433. The number of hydrogen-bond donors (Lipinski definition) is 1. The summed E-state index contributed by atoms with van der Waals surface area (Å²) >= 11 is -2.36. The average Bonchev–Trinajstić information content (AvgIpc) is 1.35. The van der Waals surface area contributed by atoms with Crippen LogP contribution in [0.4, 0.5) is 0 Å². The molecule has 0 aliphatic heterocycles. The maximum Gasteiger partial charge on any atom is 0.247 e. The van der Waals surface area contributed by atoms with Crippen molar-refractivity contribution >= 4 is 11.3 Å². The Morgan fingerprint density at radius 1 is 2.00 bits per heavy atom. The van der Waals surface area contributed by atoms with Gasteiger partial charge in [0.25, 0.3) is 0 Å². The molecule has 0 aliphatic rings. The van der Waals surface area contributed by atoms with Crippen LogP contribution in [0.2, 0.25) is 0 Å². The van der Waals surface area contributed by atoms with Gasteiger partial charge in [-0.1, -0.05) is 0 Å². The molecule has 6 heavy (non-hydrogen) atoms. The van der Waals surface area contributed by atoms with E-state index >= 15 is 0 Å². The van der Waals surface area contributed by atoms with Crippen LogP contribution >= 0.6 is 0 Å². The highest BCUT2D eigenvalue weighted by Crippen LogP contribution is 1.70. The number of hydrogen-bond acceptors (Lipinski definition) is 1. The molecule has 0 spiro atoms. The van der Waals surface area contributed by atoms with E-state index in [1.54, 1.807) is 0 Å². The zero-order valence-electron chi connectivity index (χ0n) is 2.61. The lowest BCUT2D eigenvalue weighted by molar-refractivity contribution is 0.566. The van der Waals surface area contributed by atoms with Gasteiger partial charge in [-0.05, 0) is 5.53 Å². The Labute approximate surface area is 36.0 Å². The summed E-state index contributed by atoms with van der Waals surface area (Å²) in [5.74, 6) is 0. The van der Waals surface area contributed by atoms with Crippen LogP contribution in [0.15, 0.2) is 4.52 Å². The fraction of sp³-hybridized carbons (Fsp3) is 0. The molecule has 1 unspecified atom stereocenters. The third-order valence-electron chi connectivity index (χ3n) is 0.106. The third-order valence-corrected chi connectivity index (χ3v) is 0.319. The maximum atomic E-state index is 9.29. The predicted molar refractivity (Wildman–Crippen MR) is 19.9 cm³/mol. The number of nitrogens with zero attached hydrogens (tertiary/aromatic N) is 3. The van der Waals surface area contributed by atoms with Crippen LogP contribution in [0, 0.1) is 0 Å². The second-order valence-electron chi connectivity index (χ2n) is 0.402. The quantitative estimate of drug-likeness (QED) is 0.228. The zero-order valence-corrected chi connectivity index (χ0v) is 3.42. The zero-order chi connectivity index (χ0) is 4.99. The van der Waals surface area contributed by atoms with Crippen LogP contribution in [0.1, 0.15) is 0 Å². The van der Waals surface area contributed by atoms with Gasteiger partial charge in [0.15, 0.2) is 0 Å². The van der Waals surface area contributed by atoms with Crippen molar-refractivity contribution < 1.29 is 8.76 Å². The lowest BCUT2D eigenvalue weighted by Crippen LogP contribution is -1.70. The molecule has 0 aliphatic carbocycles. The topological polar surface area (TPSA) is 86.1 Å². The molecule has 0 amide bonds. The van der Waals surface area contributed by atoms with Gasteiger partial charge >= 0.3 is 0 Å². The Morgan fingerprint density at radius 2 is 2.50 bits per heavy atom. The lowest BCUT2D eigenvalue weighted by Gasteiger charge is -1.63. The summed E-state index contributed by atoms with van der Waals surface area (Å²) in [5.41, 5.74) is 7.34. The summed E-state index contributed by atoms with van der Waals surface area (Å²) in [6.45, 7) is 0. The standard InChI is InChI=1S/HN3O2S/c1-2-3-6(4)5/h(H,4,5). The Hall–Kier alpha value is -0.580. The average molecular weight is 107 g/mol. The van der Waals surface area contributed by atoms with Crippen LogP contribution in [0.5, 0.6) is 0 Å². The van der Waals surface area contributed by atoms with E-state index in [0.29, 0.717) is 0 Å². The summed E-state index contributed by atoms with van der Waals surface area (Å²) in [6.07, 6.45) is 0. The smallest absolute Gasteiger partial charge is 0.247 e. The molecule has 1 atom stereocenters. The van der Waals surface area contributed by atoms with Crippen molar-refractivity contribution in [2.45, 2.75) is 0 Å². The first-order valence-electron chi connectivity index (χ1n) is 0.932. The summed E-state index contributed by atoms with van der Waals surface area (Å²) in [7, 11) is 0. The van der Waals surface area contributed by atoms with Crippen LogP contribution in [-0.2, 0) is 11.3 Å². The maximum absolute atomic E-state index is 9.29. The van der Waals surface area contributed by atoms with E-state index in [0.717, 1.165) is 0 Å². The van der Waals surface area contributed by atoms with E-state index in [-0.39, 0.29) is 0 Å². The van der Waals surface area contributed by atoms with Gasteiger partial charge < -0.3 is 4.55 Å². The highest BCUT2D eigenvalue weighted by Gasteiger charge is 1.74. The van der Waals surface area contributed by atoms with E-state index in [1.165, 1.54) is 0 Å². The van der Waals surface area contributed by atoms with Gasteiger partial charge in [0, 0.05) is 9.43 Å². The van der Waals surface area contributed by atoms with Crippen LogP contribution in [0.3, 0.4) is 0 Å². The molecular formula is HN3O2S. The molecule has 0 bridgehead atoms. The first-order chi connectivity index (χ1) is 2.77. The Morgan fingerprint density at radius 3 is 2.50 bits per heavy atom. The van der Waals surface area contributed by atoms with Gasteiger partial charge in [-0.25, -0.2) is 4.21 Å². The van der Waals surface area contributed by atoms with E-state index in [9.17, 15) is 4.21 Å². The first kappa shape index (κ1) is 5.42. The number of rotatable bonds is 1. The molecule has 6 heteroatoms. The van der Waals surface area contributed by atoms with Gasteiger partial charge in [0.2, 0.25) is 11.3 Å². The van der Waals surface area contributed by atoms with Crippen molar-refractivity contribution in [2.75, 3.05) is 0 Å². The minimum absolute atomic E-state index is 2.01. The van der Waals surface area contributed by atoms with Crippen molar-refractivity contribution in [2.24, 2.45) is 4.52 Å². The van der Waals surface area contributed by atoms with Crippen LogP contribution in [-0.4, -0.2) is 8.76 Å². The molecule has 0 heterocycles. The molecule has 0 radical (unpaired) electrons. The Balaban J connectivity index is 3.60. The molecule has 0 fully saturated rings. The molecule has 0 aromatic heterocycles. The molecule has 0 aromatic carbocycles. The molecule has 0 rings (SSSR count). The lowest BCUT2D eigenvalue weighted by atomic mass is 13.0. The SMILES string of the molecule is [N-]=[N+]=NS(=O)O. The van der Waals surface area contributed by atoms with E-state index in [1.807, 2.05) is 4.91 Å². The fourth-order valence-corrected chi connectivity index (χ4v) is 0.0937. The van der Waals surface area contributed by atoms with Crippen molar-refractivity contribution in [3.05, 3.63) is 10.4 Å². The summed E-state index contributed by atoms with van der Waals surface area (Å²) in [5, 5.41) is 0. The largest absolute Gasteiger partial charge is 0.300 e. The minimum atomic E-state index is -2.36. The summed E-state index contributed by atoms with van der Waals surface area (Å²) in [4.78, 5) is 2.01. The van der Waals surface area contributed by atoms with Gasteiger partial charge in [-0.2, -0.15) is 0 Å². The minimum Gasteiger partial charge on any atom is -0.300 e. The molecule has 1 N–H and O–H groups in total.